The van der Waals surface area contributed by atoms with E-state index in [4.69, 9.17) is 11.6 Å². The van der Waals surface area contributed by atoms with Gasteiger partial charge in [0.05, 0.1) is 33.4 Å². The first-order valence-electron chi connectivity index (χ1n) is 10.3. The number of nitrogens with zero attached hydrogens (tertiary/aromatic N) is 3. The van der Waals surface area contributed by atoms with Crippen molar-refractivity contribution in [3.8, 4) is 5.69 Å². The zero-order chi connectivity index (χ0) is 23.5. The summed E-state index contributed by atoms with van der Waals surface area (Å²) >= 11 is 7.12. The Morgan fingerprint density at radius 1 is 1.12 bits per heavy atom. The summed E-state index contributed by atoms with van der Waals surface area (Å²) in [5.41, 5.74) is 1.61. The highest BCUT2D eigenvalue weighted by Crippen LogP contribution is 2.26. The van der Waals surface area contributed by atoms with Gasteiger partial charge in [-0.2, -0.15) is 0 Å². The van der Waals surface area contributed by atoms with E-state index in [0.717, 1.165) is 17.3 Å². The SMILES string of the molecule is CC(c1ccccc1)N(C)C(=O)CSc1nc2ccccc2c(=O)n1-c1ccc(F)c(Cl)c1. The number of carbonyl (C=O) groups excluding carboxylic acids is 1. The number of aromatic nitrogens is 2. The molecule has 8 heteroatoms. The van der Waals surface area contributed by atoms with Gasteiger partial charge in [-0.15, -0.1) is 0 Å². The minimum Gasteiger partial charge on any atom is -0.338 e. The van der Waals surface area contributed by atoms with Gasteiger partial charge in [-0.25, -0.2) is 9.37 Å². The Bertz CT molecular complexity index is 1380. The van der Waals surface area contributed by atoms with Gasteiger partial charge in [-0.05, 0) is 42.8 Å². The molecular weight excluding hydrogens is 461 g/mol. The van der Waals surface area contributed by atoms with E-state index in [9.17, 15) is 14.0 Å². The number of amides is 1. The molecular formula is C25H21ClFN3O2S. The van der Waals surface area contributed by atoms with Crippen LogP contribution in [-0.2, 0) is 4.79 Å². The zero-order valence-electron chi connectivity index (χ0n) is 18.0. The number of hydrogen-bond donors (Lipinski definition) is 0. The Morgan fingerprint density at radius 3 is 2.55 bits per heavy atom. The zero-order valence-corrected chi connectivity index (χ0v) is 19.6. The number of fused-ring (bicyclic) bond motifs is 1. The molecule has 0 fully saturated rings. The van der Waals surface area contributed by atoms with Crippen molar-refractivity contribution in [1.82, 2.24) is 14.5 Å². The monoisotopic (exact) mass is 481 g/mol. The van der Waals surface area contributed by atoms with Crippen LogP contribution in [0.5, 0.6) is 0 Å². The van der Waals surface area contributed by atoms with Crippen LogP contribution in [0.2, 0.25) is 5.02 Å². The molecule has 1 atom stereocenters. The maximum absolute atomic E-state index is 13.7. The topological polar surface area (TPSA) is 55.2 Å². The van der Waals surface area contributed by atoms with Crippen LogP contribution in [0.4, 0.5) is 4.39 Å². The van der Waals surface area contributed by atoms with Gasteiger partial charge in [0.15, 0.2) is 5.16 Å². The first kappa shape index (κ1) is 23.0. The maximum atomic E-state index is 13.7. The summed E-state index contributed by atoms with van der Waals surface area (Å²) in [4.78, 5) is 32.5. The van der Waals surface area contributed by atoms with Gasteiger partial charge in [0, 0.05) is 7.05 Å². The molecule has 0 aliphatic rings. The maximum Gasteiger partial charge on any atom is 0.266 e. The second-order valence-electron chi connectivity index (χ2n) is 7.53. The van der Waals surface area contributed by atoms with Gasteiger partial charge in [0.25, 0.3) is 5.56 Å². The molecule has 1 aromatic heterocycles. The molecule has 0 saturated carbocycles. The van der Waals surface area contributed by atoms with Crippen LogP contribution in [0, 0.1) is 5.82 Å². The third kappa shape index (κ3) is 4.79. The van der Waals surface area contributed by atoms with Gasteiger partial charge in [-0.3, -0.25) is 14.2 Å². The molecule has 33 heavy (non-hydrogen) atoms. The second kappa shape index (κ2) is 9.77. The van der Waals surface area contributed by atoms with Crippen molar-refractivity contribution in [2.75, 3.05) is 12.8 Å². The Morgan fingerprint density at radius 2 is 1.82 bits per heavy atom. The summed E-state index contributed by atoms with van der Waals surface area (Å²) in [5, 5.41) is 0.648. The van der Waals surface area contributed by atoms with Crippen molar-refractivity contribution in [3.05, 3.63) is 99.6 Å². The molecule has 1 amide bonds. The quantitative estimate of drug-likeness (QED) is 0.270. The van der Waals surface area contributed by atoms with E-state index in [1.54, 1.807) is 36.2 Å². The lowest BCUT2D eigenvalue weighted by molar-refractivity contribution is -0.128. The summed E-state index contributed by atoms with van der Waals surface area (Å²) in [6, 6.07) is 20.7. The molecule has 4 aromatic rings. The summed E-state index contributed by atoms with van der Waals surface area (Å²) in [7, 11) is 1.75. The van der Waals surface area contributed by atoms with Gasteiger partial charge >= 0.3 is 0 Å². The second-order valence-corrected chi connectivity index (χ2v) is 8.88. The van der Waals surface area contributed by atoms with Crippen LogP contribution in [0.3, 0.4) is 0 Å². The van der Waals surface area contributed by atoms with E-state index in [0.29, 0.717) is 21.7 Å². The van der Waals surface area contributed by atoms with Crippen molar-refractivity contribution in [1.29, 1.82) is 0 Å². The minimum atomic E-state index is -0.580. The number of hydrogen-bond acceptors (Lipinski definition) is 4. The third-order valence-corrected chi connectivity index (χ3v) is 6.70. The van der Waals surface area contributed by atoms with Gasteiger partial charge in [0.2, 0.25) is 5.91 Å². The lowest BCUT2D eigenvalue weighted by Gasteiger charge is -2.25. The molecule has 0 bridgehead atoms. The molecule has 0 spiro atoms. The van der Waals surface area contributed by atoms with Crippen LogP contribution in [-0.4, -0.2) is 33.2 Å². The van der Waals surface area contributed by atoms with E-state index < -0.39 is 5.82 Å². The normalized spacial score (nSPS) is 12.0. The predicted molar refractivity (Wildman–Crippen MR) is 131 cm³/mol. The smallest absolute Gasteiger partial charge is 0.266 e. The summed E-state index contributed by atoms with van der Waals surface area (Å²) in [6.45, 7) is 1.96. The lowest BCUT2D eigenvalue weighted by atomic mass is 10.1. The first-order chi connectivity index (χ1) is 15.9. The van der Waals surface area contributed by atoms with E-state index in [-0.39, 0.29) is 28.3 Å². The van der Waals surface area contributed by atoms with E-state index >= 15 is 0 Å². The standard InChI is InChI=1S/C25H21ClFN3O2S/c1-16(17-8-4-3-5-9-17)29(2)23(31)15-33-25-28-22-11-7-6-10-19(22)24(32)30(25)18-12-13-21(27)20(26)14-18/h3-14,16H,15H2,1-2H3. The van der Waals surface area contributed by atoms with Crippen LogP contribution < -0.4 is 5.56 Å². The highest BCUT2D eigenvalue weighted by molar-refractivity contribution is 7.99. The summed E-state index contributed by atoms with van der Waals surface area (Å²) in [6.07, 6.45) is 0. The fraction of sp³-hybridized carbons (Fsp3) is 0.160. The van der Waals surface area contributed by atoms with Crippen LogP contribution >= 0.6 is 23.4 Å². The van der Waals surface area contributed by atoms with Crippen LogP contribution in [0.1, 0.15) is 18.5 Å². The molecule has 168 valence electrons. The van der Waals surface area contributed by atoms with Gasteiger partial charge in [-0.1, -0.05) is 65.8 Å². The summed E-state index contributed by atoms with van der Waals surface area (Å²) in [5.74, 6) is -0.613. The van der Waals surface area contributed by atoms with Crippen molar-refractivity contribution in [2.24, 2.45) is 0 Å². The van der Waals surface area contributed by atoms with Crippen molar-refractivity contribution in [3.63, 3.8) is 0 Å². The number of para-hydroxylation sites is 1. The molecule has 0 aliphatic carbocycles. The number of halogens is 2. The van der Waals surface area contributed by atoms with Gasteiger partial charge in [0.1, 0.15) is 5.82 Å². The average Bonchev–Trinajstić information content (AvgIpc) is 2.84. The molecule has 1 unspecified atom stereocenters. The minimum absolute atomic E-state index is 0.0768. The third-order valence-electron chi connectivity index (χ3n) is 5.49. The Balaban J connectivity index is 1.67. The highest BCUT2D eigenvalue weighted by Gasteiger charge is 2.20. The molecule has 0 aliphatic heterocycles. The molecule has 0 radical (unpaired) electrons. The van der Waals surface area contributed by atoms with Crippen molar-refractivity contribution >= 4 is 40.2 Å². The molecule has 1 heterocycles. The lowest BCUT2D eigenvalue weighted by Crippen LogP contribution is -2.31. The largest absolute Gasteiger partial charge is 0.338 e. The molecule has 0 saturated heterocycles. The number of benzene rings is 3. The fourth-order valence-corrected chi connectivity index (χ4v) is 4.57. The van der Waals surface area contributed by atoms with Crippen LogP contribution in [0.25, 0.3) is 16.6 Å². The Hall–Kier alpha value is -3.16. The van der Waals surface area contributed by atoms with Gasteiger partial charge < -0.3 is 4.90 Å². The fourth-order valence-electron chi connectivity index (χ4n) is 3.46. The van der Waals surface area contributed by atoms with Crippen molar-refractivity contribution in [2.45, 2.75) is 18.1 Å². The molecule has 5 nitrogen and oxygen atoms in total. The predicted octanol–water partition coefficient (Wildman–Crippen LogP) is 5.49. The Labute approximate surface area is 199 Å². The number of rotatable bonds is 6. The molecule has 4 rings (SSSR count). The van der Waals surface area contributed by atoms with E-state index in [1.165, 1.54) is 22.8 Å². The van der Waals surface area contributed by atoms with E-state index in [1.807, 2.05) is 37.3 Å². The number of carbonyl (C=O) groups is 1. The number of thioether (sulfide) groups is 1. The van der Waals surface area contributed by atoms with E-state index in [2.05, 4.69) is 4.98 Å². The molecule has 0 N–H and O–H groups in total. The highest BCUT2D eigenvalue weighted by atomic mass is 35.5. The Kier molecular flexibility index (Phi) is 6.81. The van der Waals surface area contributed by atoms with Crippen LogP contribution in [0.15, 0.2) is 82.7 Å². The first-order valence-corrected chi connectivity index (χ1v) is 11.6. The summed E-state index contributed by atoms with van der Waals surface area (Å²) < 4.78 is 15.1. The van der Waals surface area contributed by atoms with Crippen molar-refractivity contribution < 1.29 is 9.18 Å². The molecule has 3 aromatic carbocycles. The average molecular weight is 482 g/mol.